The molecule has 3 aliphatic rings. The van der Waals surface area contributed by atoms with E-state index >= 15 is 0 Å². The van der Waals surface area contributed by atoms with Crippen LogP contribution in [0, 0.1) is 23.2 Å². The number of hydrogen-bond donors (Lipinski definition) is 0. The summed E-state index contributed by atoms with van der Waals surface area (Å²) >= 11 is 0. The number of carbonyl (C=O) groups is 1. The first kappa shape index (κ1) is 14.8. The number of hydrogen-bond acceptors (Lipinski definition) is 4. The second-order valence-corrected chi connectivity index (χ2v) is 7.18. The van der Waals surface area contributed by atoms with Crippen LogP contribution in [-0.4, -0.2) is 31.9 Å². The highest BCUT2D eigenvalue weighted by molar-refractivity contribution is 5.94. The predicted octanol–water partition coefficient (Wildman–Crippen LogP) is 2.70. The smallest absolute Gasteiger partial charge is 0.231 e. The molecule has 0 aromatic rings. The summed E-state index contributed by atoms with van der Waals surface area (Å²) in [4.78, 5) is 12.5. The molecule has 1 spiro atoms. The molecular weight excluding hydrogens is 268 g/mol. The van der Waals surface area contributed by atoms with Crippen LogP contribution in [0.2, 0.25) is 0 Å². The molecule has 1 fully saturated rings. The molecule has 0 unspecified atom stereocenters. The van der Waals surface area contributed by atoms with Crippen LogP contribution in [-0.2, 0) is 19.0 Å². The molecule has 3 atom stereocenters. The third kappa shape index (κ3) is 2.25. The Balaban J connectivity index is 2.02. The third-order valence-corrected chi connectivity index (χ3v) is 4.84. The number of ketones is 1. The first-order chi connectivity index (χ1) is 9.89. The van der Waals surface area contributed by atoms with Crippen molar-refractivity contribution in [3.63, 3.8) is 0 Å². The van der Waals surface area contributed by atoms with Crippen molar-refractivity contribution in [1.82, 2.24) is 0 Å². The van der Waals surface area contributed by atoms with Gasteiger partial charge in [-0.3, -0.25) is 4.79 Å². The minimum Gasteiger partial charge on any atom is -0.495 e. The Bertz CT molecular complexity index is 493. The number of methoxy groups -OCH3 is 1. The molecular formula is C17H24O4. The van der Waals surface area contributed by atoms with Crippen molar-refractivity contribution in [3.8, 4) is 0 Å². The maximum atomic E-state index is 12.5. The largest absolute Gasteiger partial charge is 0.495 e. The van der Waals surface area contributed by atoms with Gasteiger partial charge >= 0.3 is 0 Å². The van der Waals surface area contributed by atoms with Crippen molar-refractivity contribution in [3.05, 3.63) is 24.0 Å². The molecule has 0 amide bonds. The molecule has 1 saturated heterocycles. The second kappa shape index (κ2) is 4.96. The lowest BCUT2D eigenvalue weighted by Gasteiger charge is -2.52. The third-order valence-electron chi connectivity index (χ3n) is 4.84. The van der Waals surface area contributed by atoms with Crippen molar-refractivity contribution in [2.75, 3.05) is 20.3 Å². The van der Waals surface area contributed by atoms with Crippen molar-refractivity contribution in [1.29, 1.82) is 0 Å². The van der Waals surface area contributed by atoms with Gasteiger partial charge in [0.05, 0.1) is 20.3 Å². The van der Waals surface area contributed by atoms with E-state index in [1.165, 1.54) is 0 Å². The van der Waals surface area contributed by atoms with E-state index in [1.807, 2.05) is 0 Å². The second-order valence-electron chi connectivity index (χ2n) is 7.18. The van der Waals surface area contributed by atoms with Crippen molar-refractivity contribution >= 4 is 5.78 Å². The van der Waals surface area contributed by atoms with Gasteiger partial charge in [0, 0.05) is 23.3 Å². The van der Waals surface area contributed by atoms with Gasteiger partial charge in [-0.05, 0) is 12.3 Å². The van der Waals surface area contributed by atoms with Crippen LogP contribution in [0.5, 0.6) is 0 Å². The lowest BCUT2D eigenvalue weighted by atomic mass is 9.66. The maximum Gasteiger partial charge on any atom is 0.231 e. The standard InChI is InChI=1S/C17H24O4/c1-11-6-5-7-12-15(11)13(18)8-14(19-4)17(12)20-9-16(2,3)10-21-17/h5-6,8,11-12,15H,7,9-10H2,1-4H3/t11-,12+,15-/m0/s1. The summed E-state index contributed by atoms with van der Waals surface area (Å²) in [5, 5.41) is 0. The minimum absolute atomic E-state index is 0.0129. The quantitative estimate of drug-likeness (QED) is 0.697. The summed E-state index contributed by atoms with van der Waals surface area (Å²) in [6.07, 6.45) is 6.61. The van der Waals surface area contributed by atoms with Crippen molar-refractivity contribution < 1.29 is 19.0 Å². The Morgan fingerprint density at radius 2 is 1.95 bits per heavy atom. The molecule has 21 heavy (non-hydrogen) atoms. The summed E-state index contributed by atoms with van der Waals surface area (Å²) in [7, 11) is 1.58. The van der Waals surface area contributed by atoms with Crippen LogP contribution < -0.4 is 0 Å². The number of rotatable bonds is 1. The Morgan fingerprint density at radius 3 is 2.57 bits per heavy atom. The van der Waals surface area contributed by atoms with E-state index in [1.54, 1.807) is 13.2 Å². The number of ether oxygens (including phenoxy) is 3. The maximum absolute atomic E-state index is 12.5. The van der Waals surface area contributed by atoms with Gasteiger partial charge < -0.3 is 14.2 Å². The van der Waals surface area contributed by atoms with E-state index in [4.69, 9.17) is 14.2 Å². The molecule has 0 aromatic heterocycles. The highest BCUT2D eigenvalue weighted by Crippen LogP contribution is 2.50. The number of allylic oxidation sites excluding steroid dienone is 3. The van der Waals surface area contributed by atoms with Crippen LogP contribution in [0.4, 0.5) is 0 Å². The van der Waals surface area contributed by atoms with Gasteiger partial charge in [-0.1, -0.05) is 32.9 Å². The lowest BCUT2D eigenvalue weighted by molar-refractivity contribution is -0.322. The average Bonchev–Trinajstić information content (AvgIpc) is 2.45. The first-order valence-electron chi connectivity index (χ1n) is 7.64. The van der Waals surface area contributed by atoms with E-state index in [0.29, 0.717) is 19.0 Å². The van der Waals surface area contributed by atoms with Crippen LogP contribution in [0.25, 0.3) is 0 Å². The van der Waals surface area contributed by atoms with Gasteiger partial charge in [-0.2, -0.15) is 0 Å². The minimum atomic E-state index is -0.901. The van der Waals surface area contributed by atoms with Crippen LogP contribution in [0.15, 0.2) is 24.0 Å². The Hall–Kier alpha value is -1.13. The van der Waals surface area contributed by atoms with Crippen LogP contribution in [0.1, 0.15) is 27.2 Å². The predicted molar refractivity (Wildman–Crippen MR) is 78.4 cm³/mol. The highest BCUT2D eigenvalue weighted by atomic mass is 16.7. The molecule has 1 heterocycles. The van der Waals surface area contributed by atoms with Crippen LogP contribution in [0.3, 0.4) is 0 Å². The highest BCUT2D eigenvalue weighted by Gasteiger charge is 2.58. The molecule has 1 aliphatic heterocycles. The molecule has 4 nitrogen and oxygen atoms in total. The van der Waals surface area contributed by atoms with Crippen molar-refractivity contribution in [2.45, 2.75) is 33.0 Å². The Labute approximate surface area is 126 Å². The zero-order valence-corrected chi connectivity index (χ0v) is 13.2. The molecule has 4 heteroatoms. The van der Waals surface area contributed by atoms with E-state index in [-0.39, 0.29) is 29.0 Å². The van der Waals surface area contributed by atoms with Gasteiger partial charge in [0.1, 0.15) is 0 Å². The fraction of sp³-hybridized carbons (Fsp3) is 0.706. The molecule has 3 rings (SSSR count). The lowest BCUT2D eigenvalue weighted by Crippen LogP contribution is -2.59. The van der Waals surface area contributed by atoms with Crippen molar-refractivity contribution in [2.24, 2.45) is 23.2 Å². The Kier molecular flexibility index (Phi) is 3.49. The summed E-state index contributed by atoms with van der Waals surface area (Å²) in [5.74, 6) is -0.161. The zero-order valence-electron chi connectivity index (χ0n) is 13.2. The summed E-state index contributed by atoms with van der Waals surface area (Å²) in [6.45, 7) is 7.51. The van der Waals surface area contributed by atoms with E-state index in [9.17, 15) is 4.79 Å². The van der Waals surface area contributed by atoms with Gasteiger partial charge in [-0.15, -0.1) is 0 Å². The normalized spacial score (nSPS) is 37.0. The molecule has 0 saturated carbocycles. The Morgan fingerprint density at radius 1 is 1.29 bits per heavy atom. The summed E-state index contributed by atoms with van der Waals surface area (Å²) in [5.41, 5.74) is -0.0167. The molecule has 116 valence electrons. The van der Waals surface area contributed by atoms with Gasteiger partial charge in [0.15, 0.2) is 11.5 Å². The van der Waals surface area contributed by atoms with Gasteiger partial charge in [0.25, 0.3) is 0 Å². The fourth-order valence-electron chi connectivity index (χ4n) is 3.68. The van der Waals surface area contributed by atoms with Gasteiger partial charge in [-0.25, -0.2) is 0 Å². The monoisotopic (exact) mass is 292 g/mol. The number of carbonyl (C=O) groups excluding carboxylic acids is 1. The number of fused-ring (bicyclic) bond motifs is 2. The molecule has 0 bridgehead atoms. The molecule has 0 N–H and O–H groups in total. The average molecular weight is 292 g/mol. The first-order valence-corrected chi connectivity index (χ1v) is 7.64. The summed E-state index contributed by atoms with van der Waals surface area (Å²) < 4.78 is 17.9. The zero-order chi connectivity index (χ0) is 15.3. The van der Waals surface area contributed by atoms with Gasteiger partial charge in [0.2, 0.25) is 5.79 Å². The van der Waals surface area contributed by atoms with E-state index < -0.39 is 5.79 Å². The van der Waals surface area contributed by atoms with E-state index in [0.717, 1.165) is 6.42 Å². The van der Waals surface area contributed by atoms with E-state index in [2.05, 4.69) is 32.9 Å². The van der Waals surface area contributed by atoms with Crippen LogP contribution >= 0.6 is 0 Å². The SMILES string of the molecule is COC1=CC(=O)[C@@H]2[C@@H](CC=C[C@@H]2C)C12OCC(C)(C)CO2. The summed E-state index contributed by atoms with van der Waals surface area (Å²) in [6, 6.07) is 0. The topological polar surface area (TPSA) is 44.8 Å². The molecule has 0 aromatic carbocycles. The fourth-order valence-corrected chi connectivity index (χ4v) is 3.68. The molecule has 2 aliphatic carbocycles. The molecule has 0 radical (unpaired) electrons.